The van der Waals surface area contributed by atoms with Crippen molar-refractivity contribution in [1.29, 1.82) is 5.26 Å². The molecule has 3 rings (SSSR count). The number of allylic oxidation sites excluding steroid dienone is 2. The van der Waals surface area contributed by atoms with Gasteiger partial charge in [-0.3, -0.25) is 0 Å². The average Bonchev–Trinajstić information content (AvgIpc) is 2.78. The van der Waals surface area contributed by atoms with Crippen LogP contribution in [-0.4, -0.2) is 0 Å². The summed E-state index contributed by atoms with van der Waals surface area (Å²) in [6.07, 6.45) is 22.9. The Morgan fingerprint density at radius 3 is 2.07 bits per heavy atom. The molecule has 0 aliphatic heterocycles. The van der Waals surface area contributed by atoms with Gasteiger partial charge in [0.05, 0.1) is 6.07 Å². The number of nitrogens with zero attached hydrogens (tertiary/aromatic N) is 1. The summed E-state index contributed by atoms with van der Waals surface area (Å²) >= 11 is 0. The number of benzene rings is 1. The minimum Gasteiger partial charge on any atom is -0.193 e. The van der Waals surface area contributed by atoms with Gasteiger partial charge in [-0.2, -0.15) is 5.26 Å². The van der Waals surface area contributed by atoms with Gasteiger partial charge in [0.25, 0.3) is 0 Å². The van der Waals surface area contributed by atoms with Crippen molar-refractivity contribution < 1.29 is 0 Å². The molecule has 0 aromatic heterocycles. The van der Waals surface area contributed by atoms with E-state index < -0.39 is 0 Å². The molecule has 1 aromatic rings. The van der Waals surface area contributed by atoms with Crippen molar-refractivity contribution in [1.82, 2.24) is 0 Å². The third-order valence-corrected chi connectivity index (χ3v) is 7.72. The van der Waals surface area contributed by atoms with E-state index in [9.17, 15) is 0 Å². The Labute approximate surface area is 179 Å². The molecule has 0 atom stereocenters. The topological polar surface area (TPSA) is 23.8 Å². The Morgan fingerprint density at radius 1 is 0.828 bits per heavy atom. The van der Waals surface area contributed by atoms with Gasteiger partial charge in [0, 0.05) is 6.08 Å². The molecule has 0 heterocycles. The van der Waals surface area contributed by atoms with E-state index in [0.29, 0.717) is 5.92 Å². The largest absolute Gasteiger partial charge is 0.193 e. The third-order valence-electron chi connectivity index (χ3n) is 7.72. The lowest BCUT2D eigenvalue weighted by molar-refractivity contribution is 0.171. The first kappa shape index (κ1) is 22.1. The zero-order valence-electron chi connectivity index (χ0n) is 18.6. The lowest BCUT2D eigenvalue weighted by Crippen LogP contribution is -2.25. The SMILES string of the molecule is CCCCCCCc1ccc(C2CCC(C3CCC(C=CC#N)CC3)CC2)cc1. The van der Waals surface area contributed by atoms with E-state index in [2.05, 4.69) is 43.3 Å². The summed E-state index contributed by atoms with van der Waals surface area (Å²) in [4.78, 5) is 0. The van der Waals surface area contributed by atoms with E-state index in [4.69, 9.17) is 5.26 Å². The molecular formula is C28H41N. The fraction of sp³-hybridized carbons (Fsp3) is 0.679. The molecule has 0 spiro atoms. The number of aryl methyl sites for hydroxylation is 1. The quantitative estimate of drug-likeness (QED) is 0.306. The van der Waals surface area contributed by atoms with E-state index >= 15 is 0 Å². The molecule has 29 heavy (non-hydrogen) atoms. The van der Waals surface area contributed by atoms with E-state index in [-0.39, 0.29) is 0 Å². The van der Waals surface area contributed by atoms with Crippen LogP contribution in [0.5, 0.6) is 0 Å². The van der Waals surface area contributed by atoms with Crippen LogP contribution in [0.25, 0.3) is 0 Å². The van der Waals surface area contributed by atoms with Crippen molar-refractivity contribution in [2.75, 3.05) is 0 Å². The molecule has 0 amide bonds. The predicted molar refractivity (Wildman–Crippen MR) is 124 cm³/mol. The molecule has 1 nitrogen and oxygen atoms in total. The van der Waals surface area contributed by atoms with Gasteiger partial charge in [-0.15, -0.1) is 0 Å². The predicted octanol–water partition coefficient (Wildman–Crippen LogP) is 8.36. The van der Waals surface area contributed by atoms with Crippen LogP contribution < -0.4 is 0 Å². The Balaban J connectivity index is 1.38. The first-order chi connectivity index (χ1) is 14.3. The first-order valence-corrected chi connectivity index (χ1v) is 12.4. The zero-order chi connectivity index (χ0) is 20.3. The van der Waals surface area contributed by atoms with Crippen molar-refractivity contribution in [3.05, 3.63) is 47.5 Å². The van der Waals surface area contributed by atoms with Crippen molar-refractivity contribution in [3.63, 3.8) is 0 Å². The Kier molecular flexibility index (Phi) is 9.33. The number of hydrogen-bond acceptors (Lipinski definition) is 1. The summed E-state index contributed by atoms with van der Waals surface area (Å²) in [5.41, 5.74) is 3.12. The van der Waals surface area contributed by atoms with Gasteiger partial charge in [-0.1, -0.05) is 62.9 Å². The normalized spacial score (nSPS) is 27.7. The van der Waals surface area contributed by atoms with Gasteiger partial charge in [-0.25, -0.2) is 0 Å². The maximum absolute atomic E-state index is 8.72. The highest BCUT2D eigenvalue weighted by molar-refractivity contribution is 5.26. The van der Waals surface area contributed by atoms with E-state index in [1.165, 1.54) is 95.5 Å². The fourth-order valence-corrected chi connectivity index (χ4v) is 5.80. The van der Waals surface area contributed by atoms with Crippen LogP contribution >= 0.6 is 0 Å². The van der Waals surface area contributed by atoms with Crippen LogP contribution in [0.4, 0.5) is 0 Å². The number of nitriles is 1. The number of rotatable bonds is 9. The van der Waals surface area contributed by atoms with Gasteiger partial charge in [0.2, 0.25) is 0 Å². The highest BCUT2D eigenvalue weighted by atomic mass is 14.4. The van der Waals surface area contributed by atoms with Gasteiger partial charge < -0.3 is 0 Å². The lowest BCUT2D eigenvalue weighted by Gasteiger charge is -2.37. The molecule has 2 aliphatic rings. The van der Waals surface area contributed by atoms with Gasteiger partial charge in [0.15, 0.2) is 0 Å². The molecule has 2 aliphatic carbocycles. The Hall–Kier alpha value is -1.55. The van der Waals surface area contributed by atoms with Crippen LogP contribution in [-0.2, 0) is 6.42 Å². The maximum atomic E-state index is 8.72. The van der Waals surface area contributed by atoms with E-state index in [1.54, 1.807) is 11.6 Å². The minimum atomic E-state index is 0.660. The molecule has 0 saturated heterocycles. The molecular weight excluding hydrogens is 350 g/mol. The summed E-state index contributed by atoms with van der Waals surface area (Å²) < 4.78 is 0. The van der Waals surface area contributed by atoms with E-state index in [1.807, 2.05) is 0 Å². The van der Waals surface area contributed by atoms with Crippen LogP contribution in [0.3, 0.4) is 0 Å². The molecule has 0 bridgehead atoms. The number of unbranched alkanes of at least 4 members (excludes halogenated alkanes) is 4. The van der Waals surface area contributed by atoms with Crippen molar-refractivity contribution in [3.8, 4) is 6.07 Å². The van der Waals surface area contributed by atoms with E-state index in [0.717, 1.165) is 17.8 Å². The molecule has 158 valence electrons. The Bertz CT molecular complexity index is 634. The molecule has 1 heteroatoms. The van der Waals surface area contributed by atoms with Crippen molar-refractivity contribution in [2.45, 2.75) is 103 Å². The highest BCUT2D eigenvalue weighted by Gasteiger charge is 2.30. The highest BCUT2D eigenvalue weighted by Crippen LogP contribution is 2.44. The average molecular weight is 392 g/mol. The molecule has 2 saturated carbocycles. The lowest BCUT2D eigenvalue weighted by atomic mass is 9.68. The Morgan fingerprint density at radius 2 is 1.45 bits per heavy atom. The second kappa shape index (κ2) is 12.2. The summed E-state index contributed by atoms with van der Waals surface area (Å²) in [7, 11) is 0. The summed E-state index contributed by atoms with van der Waals surface area (Å²) in [5.74, 6) is 3.35. The molecule has 0 radical (unpaired) electrons. The van der Waals surface area contributed by atoms with Gasteiger partial charge >= 0.3 is 0 Å². The third kappa shape index (κ3) is 7.02. The summed E-state index contributed by atoms with van der Waals surface area (Å²) in [6.45, 7) is 2.28. The zero-order valence-corrected chi connectivity index (χ0v) is 18.6. The molecule has 2 fully saturated rings. The fourth-order valence-electron chi connectivity index (χ4n) is 5.80. The van der Waals surface area contributed by atoms with Crippen LogP contribution in [0.15, 0.2) is 36.4 Å². The monoisotopic (exact) mass is 391 g/mol. The van der Waals surface area contributed by atoms with Crippen LogP contribution in [0.2, 0.25) is 0 Å². The minimum absolute atomic E-state index is 0.660. The van der Waals surface area contributed by atoms with Gasteiger partial charge in [0.1, 0.15) is 0 Å². The van der Waals surface area contributed by atoms with Crippen LogP contribution in [0.1, 0.15) is 107 Å². The summed E-state index contributed by atoms with van der Waals surface area (Å²) in [6, 6.07) is 11.8. The standard InChI is InChI=1S/C28H41N/c1-2-3-4-5-6-8-23-10-14-25(15-11-23)27-18-20-28(21-19-27)26-16-12-24(13-17-26)9-7-22-29/h7,9-11,14-15,24,26-28H,2-6,8,12-13,16-21H2,1H3. The molecule has 1 aromatic carbocycles. The summed E-state index contributed by atoms with van der Waals surface area (Å²) in [5, 5.41) is 8.72. The second-order valence-electron chi connectivity index (χ2n) is 9.68. The van der Waals surface area contributed by atoms with Gasteiger partial charge in [-0.05, 0) is 99.0 Å². The van der Waals surface area contributed by atoms with Crippen molar-refractivity contribution >= 4 is 0 Å². The van der Waals surface area contributed by atoms with Crippen molar-refractivity contribution in [2.24, 2.45) is 17.8 Å². The molecule has 0 unspecified atom stereocenters. The number of hydrogen-bond donors (Lipinski definition) is 0. The van der Waals surface area contributed by atoms with Crippen LogP contribution in [0, 0.1) is 29.1 Å². The smallest absolute Gasteiger partial charge is 0.0908 e. The first-order valence-electron chi connectivity index (χ1n) is 12.4. The maximum Gasteiger partial charge on any atom is 0.0908 e. The second-order valence-corrected chi connectivity index (χ2v) is 9.68. The molecule has 0 N–H and O–H groups in total.